The summed E-state index contributed by atoms with van der Waals surface area (Å²) in [7, 11) is 1.85. The summed E-state index contributed by atoms with van der Waals surface area (Å²) in [6.45, 7) is 2.21. The number of ether oxygens (including phenoxy) is 1. The molecule has 1 aliphatic heterocycles. The van der Waals surface area contributed by atoms with Gasteiger partial charge in [0.25, 0.3) is 0 Å². The van der Waals surface area contributed by atoms with Gasteiger partial charge in [-0.2, -0.15) is 11.3 Å². The predicted octanol–water partition coefficient (Wildman–Crippen LogP) is 4.29. The molecule has 32 heavy (non-hydrogen) atoms. The third-order valence-electron chi connectivity index (χ3n) is 5.71. The standard InChI is InChI=1S/C25H24N4O2S/c1-28(13-18-6-7-21-22(12-18)27-10-9-26-21)25(30)16-29-14-19-4-2-3-5-23(19)31-24(15-29)20-8-11-32-17-20/h2-12,17,24H,13-16H2,1H3. The Labute approximate surface area is 191 Å². The van der Waals surface area contributed by atoms with Crippen LogP contribution in [0.5, 0.6) is 5.75 Å². The Balaban J connectivity index is 1.30. The zero-order valence-corrected chi connectivity index (χ0v) is 18.7. The molecule has 0 radical (unpaired) electrons. The highest BCUT2D eigenvalue weighted by Crippen LogP contribution is 2.31. The summed E-state index contributed by atoms with van der Waals surface area (Å²) in [6.07, 6.45) is 3.27. The first-order chi connectivity index (χ1) is 15.7. The molecule has 1 atom stereocenters. The van der Waals surface area contributed by atoms with E-state index in [2.05, 4.69) is 37.8 Å². The highest BCUT2D eigenvalue weighted by molar-refractivity contribution is 7.07. The normalized spacial score (nSPS) is 16.2. The molecule has 3 heterocycles. The van der Waals surface area contributed by atoms with Crippen molar-refractivity contribution in [3.8, 4) is 5.75 Å². The van der Waals surface area contributed by atoms with Crippen molar-refractivity contribution in [1.29, 1.82) is 0 Å². The summed E-state index contributed by atoms with van der Waals surface area (Å²) < 4.78 is 6.34. The first kappa shape index (κ1) is 20.6. The number of benzene rings is 2. The molecule has 0 saturated carbocycles. The van der Waals surface area contributed by atoms with E-state index in [-0.39, 0.29) is 12.0 Å². The van der Waals surface area contributed by atoms with E-state index in [1.54, 1.807) is 28.6 Å². The lowest BCUT2D eigenvalue weighted by atomic mass is 10.1. The molecule has 0 N–H and O–H groups in total. The number of aromatic nitrogens is 2. The average Bonchev–Trinajstić information content (AvgIpc) is 3.28. The molecular formula is C25H24N4O2S. The lowest BCUT2D eigenvalue weighted by Gasteiger charge is -2.26. The van der Waals surface area contributed by atoms with Crippen LogP contribution in [0, 0.1) is 0 Å². The molecule has 4 aromatic rings. The molecular weight excluding hydrogens is 420 g/mol. The van der Waals surface area contributed by atoms with Crippen molar-refractivity contribution in [3.63, 3.8) is 0 Å². The van der Waals surface area contributed by atoms with Gasteiger partial charge >= 0.3 is 0 Å². The fourth-order valence-electron chi connectivity index (χ4n) is 4.01. The molecule has 0 fully saturated rings. The third-order valence-corrected chi connectivity index (χ3v) is 6.41. The Bertz CT molecular complexity index is 1230. The minimum atomic E-state index is -0.0953. The van der Waals surface area contributed by atoms with Gasteiger partial charge in [0.15, 0.2) is 0 Å². The molecule has 1 amide bonds. The van der Waals surface area contributed by atoms with Crippen LogP contribution < -0.4 is 4.74 Å². The number of rotatable bonds is 5. The number of likely N-dealkylation sites (N-methyl/N-ethyl adjacent to an activating group) is 1. The van der Waals surface area contributed by atoms with Gasteiger partial charge in [-0.05, 0) is 40.6 Å². The fraction of sp³-hybridized carbons (Fsp3) is 0.240. The van der Waals surface area contributed by atoms with E-state index in [9.17, 15) is 4.79 Å². The average molecular weight is 445 g/mol. The Kier molecular flexibility index (Phi) is 5.83. The van der Waals surface area contributed by atoms with Crippen molar-refractivity contribution >= 4 is 28.3 Å². The summed E-state index contributed by atoms with van der Waals surface area (Å²) in [4.78, 5) is 25.7. The lowest BCUT2D eigenvalue weighted by Crippen LogP contribution is -2.39. The van der Waals surface area contributed by atoms with Crippen molar-refractivity contribution < 1.29 is 9.53 Å². The van der Waals surface area contributed by atoms with Crippen LogP contribution in [0.15, 0.2) is 71.7 Å². The molecule has 1 aliphatic rings. The summed E-state index contributed by atoms with van der Waals surface area (Å²) >= 11 is 1.66. The van der Waals surface area contributed by atoms with Gasteiger partial charge in [-0.1, -0.05) is 24.3 Å². The maximum atomic E-state index is 13.1. The summed E-state index contributed by atoms with van der Waals surface area (Å²) in [5, 5.41) is 4.18. The largest absolute Gasteiger partial charge is 0.484 e. The Morgan fingerprint density at radius 3 is 2.84 bits per heavy atom. The number of carbonyl (C=O) groups is 1. The van der Waals surface area contributed by atoms with Crippen molar-refractivity contribution in [1.82, 2.24) is 19.8 Å². The second kappa shape index (κ2) is 9.06. The molecule has 0 bridgehead atoms. The Hall–Kier alpha value is -3.29. The molecule has 0 spiro atoms. The molecule has 6 nitrogen and oxygen atoms in total. The number of thiophene rings is 1. The number of nitrogens with zero attached hydrogens (tertiary/aromatic N) is 4. The van der Waals surface area contributed by atoms with Gasteiger partial charge in [0.05, 0.1) is 17.6 Å². The van der Waals surface area contributed by atoms with Crippen LogP contribution in [0.2, 0.25) is 0 Å². The monoisotopic (exact) mass is 444 g/mol. The first-order valence-corrected chi connectivity index (χ1v) is 11.5. The number of fused-ring (bicyclic) bond motifs is 2. The zero-order chi connectivity index (χ0) is 21.9. The molecule has 162 valence electrons. The van der Waals surface area contributed by atoms with Crippen molar-refractivity contribution in [2.24, 2.45) is 0 Å². The SMILES string of the molecule is CN(Cc1ccc2nccnc2c1)C(=O)CN1Cc2ccccc2OC(c2ccsc2)C1. The maximum Gasteiger partial charge on any atom is 0.236 e. The topological polar surface area (TPSA) is 58.6 Å². The van der Waals surface area contributed by atoms with Crippen molar-refractivity contribution in [2.75, 3.05) is 20.1 Å². The van der Waals surface area contributed by atoms with Crippen LogP contribution in [0.3, 0.4) is 0 Å². The number of carbonyl (C=O) groups excluding carboxylic acids is 1. The minimum absolute atomic E-state index is 0.0766. The second-order valence-corrected chi connectivity index (χ2v) is 8.85. The quantitative estimate of drug-likeness (QED) is 0.460. The van der Waals surface area contributed by atoms with Crippen molar-refractivity contribution in [3.05, 3.63) is 88.4 Å². The molecule has 0 aliphatic carbocycles. The Morgan fingerprint density at radius 2 is 2.00 bits per heavy atom. The van der Waals surface area contributed by atoms with Gasteiger partial charge in [-0.15, -0.1) is 0 Å². The zero-order valence-electron chi connectivity index (χ0n) is 17.8. The minimum Gasteiger partial charge on any atom is -0.484 e. The van der Waals surface area contributed by atoms with Crippen molar-refractivity contribution in [2.45, 2.75) is 19.2 Å². The van der Waals surface area contributed by atoms with Crippen LogP contribution in [0.1, 0.15) is 22.8 Å². The van der Waals surface area contributed by atoms with Crippen LogP contribution >= 0.6 is 11.3 Å². The number of amides is 1. The number of hydrogen-bond acceptors (Lipinski definition) is 6. The molecule has 5 rings (SSSR count). The molecule has 2 aromatic carbocycles. The van der Waals surface area contributed by atoms with E-state index < -0.39 is 0 Å². The fourth-order valence-corrected chi connectivity index (χ4v) is 4.72. The Morgan fingerprint density at radius 1 is 1.16 bits per heavy atom. The van der Waals surface area contributed by atoms with Crippen LogP contribution in [0.25, 0.3) is 11.0 Å². The first-order valence-electron chi connectivity index (χ1n) is 10.6. The van der Waals surface area contributed by atoms with E-state index in [1.165, 1.54) is 0 Å². The van der Waals surface area contributed by atoms with E-state index in [0.29, 0.717) is 26.2 Å². The van der Waals surface area contributed by atoms with Gasteiger partial charge in [-0.25, -0.2) is 0 Å². The third kappa shape index (κ3) is 4.49. The highest BCUT2D eigenvalue weighted by Gasteiger charge is 2.26. The van der Waals surface area contributed by atoms with Gasteiger partial charge in [0, 0.05) is 50.2 Å². The summed E-state index contributed by atoms with van der Waals surface area (Å²) in [6, 6.07) is 16.1. The maximum absolute atomic E-state index is 13.1. The van der Waals surface area contributed by atoms with Crippen LogP contribution in [-0.4, -0.2) is 45.8 Å². The van der Waals surface area contributed by atoms with Gasteiger partial charge in [-0.3, -0.25) is 19.7 Å². The summed E-state index contributed by atoms with van der Waals surface area (Å²) in [5.74, 6) is 0.969. The molecule has 2 aromatic heterocycles. The predicted molar refractivity (Wildman–Crippen MR) is 125 cm³/mol. The van der Waals surface area contributed by atoms with E-state index in [1.807, 2.05) is 43.4 Å². The van der Waals surface area contributed by atoms with E-state index in [4.69, 9.17) is 4.74 Å². The van der Waals surface area contributed by atoms with Crippen LogP contribution in [0.4, 0.5) is 0 Å². The summed E-state index contributed by atoms with van der Waals surface area (Å²) in [5.41, 5.74) is 4.98. The van der Waals surface area contributed by atoms with Gasteiger partial charge < -0.3 is 9.64 Å². The lowest BCUT2D eigenvalue weighted by molar-refractivity contribution is -0.132. The van der Waals surface area contributed by atoms with Gasteiger partial charge in [0.2, 0.25) is 5.91 Å². The second-order valence-electron chi connectivity index (χ2n) is 8.07. The number of hydrogen-bond donors (Lipinski definition) is 0. The molecule has 7 heteroatoms. The van der Waals surface area contributed by atoms with Crippen LogP contribution in [-0.2, 0) is 17.9 Å². The van der Waals surface area contributed by atoms with Gasteiger partial charge in [0.1, 0.15) is 11.9 Å². The smallest absolute Gasteiger partial charge is 0.236 e. The number of para-hydroxylation sites is 1. The molecule has 1 unspecified atom stereocenters. The van der Waals surface area contributed by atoms with E-state index in [0.717, 1.165) is 33.5 Å². The molecule has 0 saturated heterocycles. The highest BCUT2D eigenvalue weighted by atomic mass is 32.1. The van der Waals surface area contributed by atoms with E-state index >= 15 is 0 Å².